The first-order chi connectivity index (χ1) is 8.83. The van der Waals surface area contributed by atoms with E-state index in [2.05, 4.69) is 15.3 Å². The molecule has 0 bridgehead atoms. The smallest absolute Gasteiger partial charge is 0.242 e. The van der Waals surface area contributed by atoms with Gasteiger partial charge in [0, 0.05) is 31.0 Å². The summed E-state index contributed by atoms with van der Waals surface area (Å²) in [5.41, 5.74) is 0. The van der Waals surface area contributed by atoms with Gasteiger partial charge in [0.05, 0.1) is 0 Å². The number of hydrogen-bond donors (Lipinski definition) is 1. The standard InChI is InChI=1S/C13H20N4O/c18-13(10-17-8-3-6-14-17)15-11-5-9-16-7-2-1-4-12(11)16/h3,6,8,11-12H,1-2,4-5,7,9-10H2,(H,15,18)/t11-,12+/m1/s1. The quantitative estimate of drug-likeness (QED) is 0.853. The molecule has 2 aliphatic heterocycles. The summed E-state index contributed by atoms with van der Waals surface area (Å²) in [6.45, 7) is 2.67. The van der Waals surface area contributed by atoms with Gasteiger partial charge in [-0.3, -0.25) is 14.4 Å². The predicted molar refractivity (Wildman–Crippen MR) is 68.0 cm³/mol. The van der Waals surface area contributed by atoms with Crippen LogP contribution in [0.3, 0.4) is 0 Å². The molecule has 3 heterocycles. The Hall–Kier alpha value is -1.36. The lowest BCUT2D eigenvalue weighted by Gasteiger charge is -2.32. The van der Waals surface area contributed by atoms with E-state index in [1.165, 1.54) is 25.8 Å². The van der Waals surface area contributed by atoms with E-state index < -0.39 is 0 Å². The lowest BCUT2D eigenvalue weighted by molar-refractivity contribution is -0.122. The molecule has 5 nitrogen and oxygen atoms in total. The summed E-state index contributed by atoms with van der Waals surface area (Å²) in [5, 5.41) is 7.23. The second kappa shape index (κ2) is 5.10. The first kappa shape index (κ1) is 11.7. The predicted octanol–water partition coefficient (Wildman–Crippen LogP) is 0.626. The minimum Gasteiger partial charge on any atom is -0.350 e. The number of amides is 1. The van der Waals surface area contributed by atoms with Crippen molar-refractivity contribution in [2.75, 3.05) is 13.1 Å². The molecule has 5 heteroatoms. The third-order valence-electron chi connectivity index (χ3n) is 4.07. The van der Waals surface area contributed by atoms with Crippen LogP contribution in [0.1, 0.15) is 25.7 Å². The maximum Gasteiger partial charge on any atom is 0.242 e. The lowest BCUT2D eigenvalue weighted by Crippen LogP contribution is -2.47. The van der Waals surface area contributed by atoms with Gasteiger partial charge in [-0.2, -0.15) is 5.10 Å². The van der Waals surface area contributed by atoms with E-state index in [0.717, 1.165) is 13.0 Å². The summed E-state index contributed by atoms with van der Waals surface area (Å²) < 4.78 is 1.67. The first-order valence-corrected chi connectivity index (χ1v) is 6.84. The number of nitrogens with one attached hydrogen (secondary N) is 1. The zero-order chi connectivity index (χ0) is 12.4. The van der Waals surface area contributed by atoms with Crippen LogP contribution in [-0.4, -0.2) is 45.8 Å². The van der Waals surface area contributed by atoms with E-state index in [0.29, 0.717) is 18.6 Å². The van der Waals surface area contributed by atoms with E-state index in [1.54, 1.807) is 10.9 Å². The fraction of sp³-hybridized carbons (Fsp3) is 0.692. The van der Waals surface area contributed by atoms with Crippen LogP contribution in [0, 0.1) is 0 Å². The van der Waals surface area contributed by atoms with Gasteiger partial charge in [0.1, 0.15) is 6.54 Å². The van der Waals surface area contributed by atoms with Crippen LogP contribution in [-0.2, 0) is 11.3 Å². The largest absolute Gasteiger partial charge is 0.350 e. The Morgan fingerprint density at radius 3 is 3.11 bits per heavy atom. The zero-order valence-electron chi connectivity index (χ0n) is 10.6. The molecule has 2 aliphatic rings. The summed E-state index contributed by atoms with van der Waals surface area (Å²) in [7, 11) is 0. The molecule has 98 valence electrons. The number of hydrogen-bond acceptors (Lipinski definition) is 3. The number of carbonyl (C=O) groups is 1. The summed E-state index contributed by atoms with van der Waals surface area (Å²) in [4.78, 5) is 14.5. The molecule has 3 rings (SSSR count). The first-order valence-electron chi connectivity index (χ1n) is 6.84. The Labute approximate surface area is 107 Å². The van der Waals surface area contributed by atoms with Crippen LogP contribution >= 0.6 is 0 Å². The van der Waals surface area contributed by atoms with Gasteiger partial charge in [-0.25, -0.2) is 0 Å². The molecule has 2 fully saturated rings. The lowest BCUT2D eigenvalue weighted by atomic mass is 9.99. The number of aromatic nitrogens is 2. The van der Waals surface area contributed by atoms with Crippen molar-refractivity contribution in [2.45, 2.75) is 44.3 Å². The fourth-order valence-electron chi connectivity index (χ4n) is 3.21. The van der Waals surface area contributed by atoms with Gasteiger partial charge in [0.25, 0.3) is 0 Å². The Bertz CT molecular complexity index is 403. The van der Waals surface area contributed by atoms with Crippen molar-refractivity contribution < 1.29 is 4.79 Å². The molecule has 1 N–H and O–H groups in total. The molecule has 18 heavy (non-hydrogen) atoms. The number of carbonyl (C=O) groups excluding carboxylic acids is 1. The average Bonchev–Trinajstić information content (AvgIpc) is 3.00. The fourth-order valence-corrected chi connectivity index (χ4v) is 3.21. The Kier molecular flexibility index (Phi) is 3.32. The Morgan fingerprint density at radius 1 is 1.33 bits per heavy atom. The van der Waals surface area contributed by atoms with E-state index in [4.69, 9.17) is 0 Å². The number of nitrogens with zero attached hydrogens (tertiary/aromatic N) is 3. The molecular weight excluding hydrogens is 228 g/mol. The molecule has 0 aromatic carbocycles. The third kappa shape index (κ3) is 2.41. The van der Waals surface area contributed by atoms with Crippen LogP contribution in [0.4, 0.5) is 0 Å². The topological polar surface area (TPSA) is 50.2 Å². The van der Waals surface area contributed by atoms with Crippen molar-refractivity contribution in [2.24, 2.45) is 0 Å². The second-order valence-corrected chi connectivity index (χ2v) is 5.27. The zero-order valence-corrected chi connectivity index (χ0v) is 10.6. The molecule has 1 aromatic rings. The molecule has 0 aliphatic carbocycles. The van der Waals surface area contributed by atoms with Crippen LogP contribution in [0.25, 0.3) is 0 Å². The molecule has 1 aromatic heterocycles. The highest BCUT2D eigenvalue weighted by Gasteiger charge is 2.36. The number of piperidine rings is 1. The van der Waals surface area contributed by atoms with Gasteiger partial charge in [0.2, 0.25) is 5.91 Å². The third-order valence-corrected chi connectivity index (χ3v) is 4.07. The van der Waals surface area contributed by atoms with Gasteiger partial charge in [0.15, 0.2) is 0 Å². The highest BCUT2D eigenvalue weighted by Crippen LogP contribution is 2.26. The van der Waals surface area contributed by atoms with Crippen LogP contribution in [0.2, 0.25) is 0 Å². The maximum atomic E-state index is 12.0. The van der Waals surface area contributed by atoms with Crippen molar-refractivity contribution in [3.63, 3.8) is 0 Å². The monoisotopic (exact) mass is 248 g/mol. The van der Waals surface area contributed by atoms with Gasteiger partial charge in [-0.05, 0) is 31.9 Å². The molecule has 0 radical (unpaired) electrons. The normalized spacial score (nSPS) is 28.0. The molecule has 2 atom stereocenters. The highest BCUT2D eigenvalue weighted by molar-refractivity contribution is 5.76. The highest BCUT2D eigenvalue weighted by atomic mass is 16.2. The van der Waals surface area contributed by atoms with Crippen molar-refractivity contribution in [1.82, 2.24) is 20.0 Å². The minimum absolute atomic E-state index is 0.0797. The van der Waals surface area contributed by atoms with Crippen LogP contribution in [0.5, 0.6) is 0 Å². The maximum absolute atomic E-state index is 12.0. The Balaban J connectivity index is 1.54. The average molecular weight is 248 g/mol. The van der Waals surface area contributed by atoms with Crippen molar-refractivity contribution >= 4 is 5.91 Å². The van der Waals surface area contributed by atoms with Crippen LogP contribution < -0.4 is 5.32 Å². The van der Waals surface area contributed by atoms with Gasteiger partial charge < -0.3 is 5.32 Å². The molecule has 2 saturated heterocycles. The molecule has 0 saturated carbocycles. The minimum atomic E-state index is 0.0797. The summed E-state index contributed by atoms with van der Waals surface area (Å²) in [6.07, 6.45) is 8.45. The van der Waals surface area contributed by atoms with Crippen molar-refractivity contribution in [1.29, 1.82) is 0 Å². The van der Waals surface area contributed by atoms with Crippen molar-refractivity contribution in [3.8, 4) is 0 Å². The Morgan fingerprint density at radius 2 is 2.28 bits per heavy atom. The van der Waals surface area contributed by atoms with E-state index >= 15 is 0 Å². The molecule has 0 spiro atoms. The van der Waals surface area contributed by atoms with Crippen molar-refractivity contribution in [3.05, 3.63) is 18.5 Å². The van der Waals surface area contributed by atoms with Gasteiger partial charge in [-0.15, -0.1) is 0 Å². The van der Waals surface area contributed by atoms with Crippen LogP contribution in [0.15, 0.2) is 18.5 Å². The second-order valence-electron chi connectivity index (χ2n) is 5.27. The van der Waals surface area contributed by atoms with E-state index in [1.807, 2.05) is 12.3 Å². The number of fused-ring (bicyclic) bond motifs is 1. The van der Waals surface area contributed by atoms with Gasteiger partial charge in [-0.1, -0.05) is 6.42 Å². The molecule has 1 amide bonds. The molecular formula is C13H20N4O. The van der Waals surface area contributed by atoms with E-state index in [-0.39, 0.29) is 5.91 Å². The number of rotatable bonds is 3. The SMILES string of the molecule is O=C(Cn1cccn1)N[C@@H]1CCN2CCCC[C@@H]12. The summed E-state index contributed by atoms with van der Waals surface area (Å²) >= 11 is 0. The summed E-state index contributed by atoms with van der Waals surface area (Å²) in [6, 6.07) is 2.75. The summed E-state index contributed by atoms with van der Waals surface area (Å²) in [5.74, 6) is 0.0797. The van der Waals surface area contributed by atoms with E-state index in [9.17, 15) is 4.79 Å². The van der Waals surface area contributed by atoms with Gasteiger partial charge >= 0.3 is 0 Å². The molecule has 0 unspecified atom stereocenters.